The predicted octanol–water partition coefficient (Wildman–Crippen LogP) is 4.03. The van der Waals surface area contributed by atoms with Crippen molar-refractivity contribution in [3.63, 3.8) is 0 Å². The van der Waals surface area contributed by atoms with E-state index in [2.05, 4.69) is 5.32 Å². The summed E-state index contributed by atoms with van der Waals surface area (Å²) in [6, 6.07) is 11.5. The fourth-order valence-corrected chi connectivity index (χ4v) is 2.59. The number of amides is 1. The lowest BCUT2D eigenvalue weighted by Crippen LogP contribution is -2.24. The van der Waals surface area contributed by atoms with Gasteiger partial charge < -0.3 is 15.8 Å². The van der Waals surface area contributed by atoms with Gasteiger partial charge in [0.05, 0.1) is 6.61 Å². The molecule has 0 aliphatic heterocycles. The van der Waals surface area contributed by atoms with Gasteiger partial charge in [-0.25, -0.2) is 0 Å². The SMILES string of the molecule is Cc1ccc(CNC(=O)c2cc(N)ccc2C)c(OCC2CC2)c1.Cl. The molecule has 3 rings (SSSR count). The Hall–Kier alpha value is -2.20. The molecular formula is C20H25ClN2O2. The zero-order valence-corrected chi connectivity index (χ0v) is 15.5. The second-order valence-electron chi connectivity index (χ2n) is 6.62. The van der Waals surface area contributed by atoms with Crippen LogP contribution in [0.25, 0.3) is 0 Å². The first-order valence-electron chi connectivity index (χ1n) is 8.39. The van der Waals surface area contributed by atoms with E-state index in [1.165, 1.54) is 12.8 Å². The lowest BCUT2D eigenvalue weighted by Gasteiger charge is -2.14. The van der Waals surface area contributed by atoms with Crippen LogP contribution in [0, 0.1) is 19.8 Å². The molecule has 0 spiro atoms. The first-order valence-corrected chi connectivity index (χ1v) is 8.39. The van der Waals surface area contributed by atoms with Gasteiger partial charge in [0, 0.05) is 23.4 Å². The van der Waals surface area contributed by atoms with Crippen molar-refractivity contribution in [1.82, 2.24) is 5.32 Å². The number of nitrogen functional groups attached to an aromatic ring is 1. The summed E-state index contributed by atoms with van der Waals surface area (Å²) in [5, 5.41) is 2.97. The lowest BCUT2D eigenvalue weighted by atomic mass is 10.1. The molecule has 1 saturated carbocycles. The molecule has 0 atom stereocenters. The summed E-state index contributed by atoms with van der Waals surface area (Å²) < 4.78 is 5.95. The third kappa shape index (κ3) is 5.13. The van der Waals surface area contributed by atoms with Gasteiger partial charge in [0.25, 0.3) is 5.91 Å². The number of benzene rings is 2. The van der Waals surface area contributed by atoms with Crippen molar-refractivity contribution < 1.29 is 9.53 Å². The first kappa shape index (κ1) is 19.1. The Morgan fingerprint density at radius 1 is 1.20 bits per heavy atom. The third-order valence-corrected chi connectivity index (χ3v) is 4.34. The van der Waals surface area contributed by atoms with Gasteiger partial charge in [0.15, 0.2) is 0 Å². The predicted molar refractivity (Wildman–Crippen MR) is 103 cm³/mol. The summed E-state index contributed by atoms with van der Waals surface area (Å²) in [5.41, 5.74) is 10.1. The summed E-state index contributed by atoms with van der Waals surface area (Å²) in [4.78, 5) is 12.4. The molecule has 1 fully saturated rings. The fourth-order valence-electron chi connectivity index (χ4n) is 2.59. The maximum absolute atomic E-state index is 12.4. The molecule has 2 aromatic rings. The van der Waals surface area contributed by atoms with Crippen molar-refractivity contribution in [3.05, 3.63) is 58.7 Å². The van der Waals surface area contributed by atoms with E-state index in [0.29, 0.717) is 23.7 Å². The van der Waals surface area contributed by atoms with Crippen molar-refractivity contribution in [1.29, 1.82) is 0 Å². The van der Waals surface area contributed by atoms with Crippen LogP contribution in [0.3, 0.4) is 0 Å². The number of aryl methyl sites for hydroxylation is 2. The maximum atomic E-state index is 12.4. The first-order chi connectivity index (χ1) is 11.5. The van der Waals surface area contributed by atoms with E-state index >= 15 is 0 Å². The Morgan fingerprint density at radius 3 is 2.68 bits per heavy atom. The molecule has 0 aromatic heterocycles. The minimum Gasteiger partial charge on any atom is -0.493 e. The van der Waals surface area contributed by atoms with Crippen molar-refractivity contribution >= 4 is 24.0 Å². The van der Waals surface area contributed by atoms with E-state index in [0.717, 1.165) is 29.0 Å². The van der Waals surface area contributed by atoms with Gasteiger partial charge in [-0.2, -0.15) is 0 Å². The largest absolute Gasteiger partial charge is 0.493 e. The van der Waals surface area contributed by atoms with Gasteiger partial charge in [-0.15, -0.1) is 12.4 Å². The highest BCUT2D eigenvalue weighted by molar-refractivity contribution is 5.96. The number of ether oxygens (including phenoxy) is 1. The molecule has 0 saturated heterocycles. The molecule has 0 heterocycles. The number of anilines is 1. The van der Waals surface area contributed by atoms with Crippen LogP contribution in [0.5, 0.6) is 5.75 Å². The highest BCUT2D eigenvalue weighted by atomic mass is 35.5. The van der Waals surface area contributed by atoms with Crippen LogP contribution in [0.4, 0.5) is 5.69 Å². The number of hydrogen-bond acceptors (Lipinski definition) is 3. The van der Waals surface area contributed by atoms with Crippen molar-refractivity contribution in [2.75, 3.05) is 12.3 Å². The number of rotatable bonds is 6. The second kappa shape index (κ2) is 8.26. The number of nitrogens with two attached hydrogens (primary N) is 1. The molecule has 1 aliphatic rings. The van der Waals surface area contributed by atoms with Crippen LogP contribution in [-0.4, -0.2) is 12.5 Å². The minimum atomic E-state index is -0.117. The smallest absolute Gasteiger partial charge is 0.251 e. The molecule has 1 aliphatic carbocycles. The molecule has 4 nitrogen and oxygen atoms in total. The number of halogens is 1. The molecule has 0 bridgehead atoms. The fraction of sp³-hybridized carbons (Fsp3) is 0.350. The molecule has 2 aromatic carbocycles. The number of nitrogens with one attached hydrogen (secondary N) is 1. The van der Waals surface area contributed by atoms with Gasteiger partial charge >= 0.3 is 0 Å². The second-order valence-corrected chi connectivity index (χ2v) is 6.62. The van der Waals surface area contributed by atoms with E-state index in [-0.39, 0.29) is 18.3 Å². The van der Waals surface area contributed by atoms with Gasteiger partial charge in [0.1, 0.15) is 5.75 Å². The van der Waals surface area contributed by atoms with Crippen molar-refractivity contribution in [2.24, 2.45) is 5.92 Å². The minimum absolute atomic E-state index is 0. The quantitative estimate of drug-likeness (QED) is 0.764. The number of hydrogen-bond donors (Lipinski definition) is 2. The standard InChI is InChI=1S/C20H24N2O2.ClH/c1-13-3-7-16(19(9-13)24-12-15-5-6-15)11-22-20(23)18-10-17(21)8-4-14(18)2;/h3-4,7-10,15H,5-6,11-12,21H2,1-2H3,(H,22,23);1H. The maximum Gasteiger partial charge on any atom is 0.251 e. The van der Waals surface area contributed by atoms with Crippen LogP contribution in [-0.2, 0) is 6.54 Å². The molecule has 134 valence electrons. The topological polar surface area (TPSA) is 64.4 Å². The van der Waals surface area contributed by atoms with Gasteiger partial charge in [-0.05, 0) is 61.9 Å². The Morgan fingerprint density at radius 2 is 1.96 bits per heavy atom. The number of carbonyl (C=O) groups excluding carboxylic acids is 1. The van der Waals surface area contributed by atoms with Gasteiger partial charge in [-0.3, -0.25) is 4.79 Å². The molecule has 25 heavy (non-hydrogen) atoms. The Labute approximate surface area is 155 Å². The van der Waals surface area contributed by atoms with E-state index in [9.17, 15) is 4.79 Å². The third-order valence-electron chi connectivity index (χ3n) is 4.34. The van der Waals surface area contributed by atoms with E-state index in [4.69, 9.17) is 10.5 Å². The van der Waals surface area contributed by atoms with Crippen molar-refractivity contribution in [3.8, 4) is 5.75 Å². The summed E-state index contributed by atoms with van der Waals surface area (Å²) in [6.07, 6.45) is 2.51. The Kier molecular flexibility index (Phi) is 6.32. The van der Waals surface area contributed by atoms with Crippen LogP contribution < -0.4 is 15.8 Å². The average molecular weight is 361 g/mol. The highest BCUT2D eigenvalue weighted by Gasteiger charge is 2.22. The van der Waals surface area contributed by atoms with Gasteiger partial charge in [-0.1, -0.05) is 18.2 Å². The average Bonchev–Trinajstić information content (AvgIpc) is 3.38. The molecule has 0 radical (unpaired) electrons. The summed E-state index contributed by atoms with van der Waals surface area (Å²) in [7, 11) is 0. The summed E-state index contributed by atoms with van der Waals surface area (Å²) >= 11 is 0. The van der Waals surface area contributed by atoms with Crippen LogP contribution >= 0.6 is 12.4 Å². The molecule has 5 heteroatoms. The van der Waals surface area contributed by atoms with E-state index < -0.39 is 0 Å². The zero-order valence-electron chi connectivity index (χ0n) is 14.7. The highest BCUT2D eigenvalue weighted by Crippen LogP contribution is 2.30. The van der Waals surface area contributed by atoms with E-state index in [1.54, 1.807) is 12.1 Å². The monoisotopic (exact) mass is 360 g/mol. The normalized spacial score (nSPS) is 13.0. The Balaban J connectivity index is 0.00000225. The van der Waals surface area contributed by atoms with Crippen LogP contribution in [0.1, 0.15) is 39.9 Å². The molecule has 1 amide bonds. The van der Waals surface area contributed by atoms with E-state index in [1.807, 2.05) is 38.1 Å². The van der Waals surface area contributed by atoms with Crippen LogP contribution in [0.2, 0.25) is 0 Å². The zero-order chi connectivity index (χ0) is 17.1. The van der Waals surface area contributed by atoms with Gasteiger partial charge in [0.2, 0.25) is 0 Å². The van der Waals surface area contributed by atoms with Crippen molar-refractivity contribution in [2.45, 2.75) is 33.2 Å². The molecule has 3 N–H and O–H groups in total. The molecule has 0 unspecified atom stereocenters. The Bertz CT molecular complexity index is 757. The summed E-state index contributed by atoms with van der Waals surface area (Å²) in [5.74, 6) is 1.45. The molecular weight excluding hydrogens is 336 g/mol. The van der Waals surface area contributed by atoms with Crippen LogP contribution in [0.15, 0.2) is 36.4 Å². The summed E-state index contributed by atoms with van der Waals surface area (Å²) in [6.45, 7) is 5.15. The lowest BCUT2D eigenvalue weighted by molar-refractivity contribution is 0.0950. The number of carbonyl (C=O) groups is 1.